The van der Waals surface area contributed by atoms with E-state index in [1.165, 1.54) is 31.0 Å². The highest BCUT2D eigenvalue weighted by molar-refractivity contribution is 7.99. The molecule has 192 valence electrons. The molecule has 4 saturated carbocycles. The Labute approximate surface area is 221 Å². The molecule has 1 heterocycles. The number of carbonyl (C=O) groups excluding carboxylic acids is 2. The number of amides is 1. The van der Waals surface area contributed by atoms with Crippen molar-refractivity contribution in [2.75, 3.05) is 12.9 Å². The molecule has 3 aromatic rings. The lowest BCUT2D eigenvalue weighted by molar-refractivity contribution is -0.146. The van der Waals surface area contributed by atoms with Gasteiger partial charge in [0.15, 0.2) is 16.8 Å². The van der Waals surface area contributed by atoms with E-state index in [-0.39, 0.29) is 22.9 Å². The zero-order valence-electron chi connectivity index (χ0n) is 21.1. The van der Waals surface area contributed by atoms with E-state index < -0.39 is 0 Å². The average molecular weight is 517 g/mol. The third kappa shape index (κ3) is 4.79. The summed E-state index contributed by atoms with van der Waals surface area (Å²) in [5.74, 6) is 3.99. The van der Waals surface area contributed by atoms with Crippen LogP contribution in [0.5, 0.6) is 5.75 Å². The molecule has 4 aliphatic rings. The quantitative estimate of drug-likeness (QED) is 0.315. The van der Waals surface area contributed by atoms with Crippen LogP contribution in [0.3, 0.4) is 0 Å². The van der Waals surface area contributed by atoms with Crippen LogP contribution in [0.1, 0.15) is 54.7 Å². The average Bonchev–Trinajstić information content (AvgIpc) is 3.32. The molecule has 4 bridgehead atoms. The van der Waals surface area contributed by atoms with E-state index in [0.717, 1.165) is 30.7 Å². The molecule has 1 aromatic heterocycles. The topological polar surface area (TPSA) is 86.1 Å². The fourth-order valence-electron chi connectivity index (χ4n) is 7.07. The third-order valence-electron chi connectivity index (χ3n) is 8.39. The lowest BCUT2D eigenvalue weighted by Crippen LogP contribution is -2.53. The van der Waals surface area contributed by atoms with E-state index in [9.17, 15) is 9.59 Å². The zero-order chi connectivity index (χ0) is 25.4. The number of hydrogen-bond donors (Lipinski definition) is 1. The van der Waals surface area contributed by atoms with Crippen LogP contribution in [0, 0.1) is 23.2 Å². The molecule has 8 heteroatoms. The number of benzene rings is 2. The van der Waals surface area contributed by atoms with Gasteiger partial charge in [0.2, 0.25) is 5.91 Å². The normalized spacial score (nSPS) is 25.7. The predicted molar refractivity (Wildman–Crippen MR) is 142 cm³/mol. The van der Waals surface area contributed by atoms with Crippen molar-refractivity contribution >= 4 is 23.5 Å². The van der Waals surface area contributed by atoms with Crippen LogP contribution in [0.2, 0.25) is 0 Å². The number of thioether (sulfide) groups is 1. The Bertz CT molecular complexity index is 1250. The van der Waals surface area contributed by atoms with E-state index >= 15 is 0 Å². The molecular weight excluding hydrogens is 484 g/mol. The summed E-state index contributed by atoms with van der Waals surface area (Å²) in [6, 6.07) is 16.9. The molecule has 0 atom stereocenters. The summed E-state index contributed by atoms with van der Waals surface area (Å²) in [4.78, 5) is 26.3. The van der Waals surface area contributed by atoms with Gasteiger partial charge in [0.05, 0.1) is 19.4 Å². The maximum Gasteiger partial charge on any atom is 0.226 e. The van der Waals surface area contributed by atoms with Crippen molar-refractivity contribution in [1.29, 1.82) is 0 Å². The number of methoxy groups -OCH3 is 1. The SMILES string of the molecule is COc1ccc(-n2c(CNC(=O)C34CC5CC(CC(C5)C3)C4)nnc2SCC(=O)c2ccccc2)cc1. The van der Waals surface area contributed by atoms with Crippen LogP contribution >= 0.6 is 11.8 Å². The molecule has 7 nitrogen and oxygen atoms in total. The summed E-state index contributed by atoms with van der Waals surface area (Å²) in [6.45, 7) is 0.298. The van der Waals surface area contributed by atoms with E-state index in [4.69, 9.17) is 4.74 Å². The molecule has 37 heavy (non-hydrogen) atoms. The molecule has 2 aromatic carbocycles. The second-order valence-electron chi connectivity index (χ2n) is 10.9. The van der Waals surface area contributed by atoms with Crippen LogP contribution in [-0.4, -0.2) is 39.3 Å². The van der Waals surface area contributed by atoms with Gasteiger partial charge in [0, 0.05) is 16.7 Å². The number of ether oxygens (including phenoxy) is 1. The summed E-state index contributed by atoms with van der Waals surface area (Å²) in [5, 5.41) is 12.7. The number of rotatable bonds is 9. The largest absolute Gasteiger partial charge is 0.497 e. The predicted octanol–water partition coefficient (Wildman–Crippen LogP) is 5.08. The Kier molecular flexibility index (Phi) is 6.53. The van der Waals surface area contributed by atoms with E-state index in [0.29, 0.717) is 40.8 Å². The summed E-state index contributed by atoms with van der Waals surface area (Å²) in [7, 11) is 1.63. The van der Waals surface area contributed by atoms with E-state index in [2.05, 4.69) is 15.5 Å². The van der Waals surface area contributed by atoms with Crippen LogP contribution in [-0.2, 0) is 11.3 Å². The van der Waals surface area contributed by atoms with Gasteiger partial charge in [0.1, 0.15) is 5.75 Å². The summed E-state index contributed by atoms with van der Waals surface area (Å²) < 4.78 is 7.26. The highest BCUT2D eigenvalue weighted by atomic mass is 32.2. The number of ketones is 1. The van der Waals surface area contributed by atoms with Crippen LogP contribution in [0.15, 0.2) is 59.8 Å². The summed E-state index contributed by atoms with van der Waals surface area (Å²) in [6.07, 6.45) is 7.00. The standard InChI is InChI=1S/C29H32N4O3S/c1-36-24-9-7-23(8-10-24)33-26(31-32-28(33)37-18-25(34)22-5-3-2-4-6-22)17-30-27(35)29-14-19-11-20(15-29)13-21(12-19)16-29/h2-10,19-21H,11-18H2,1H3,(H,30,35). The van der Waals surface area contributed by atoms with Crippen LogP contribution < -0.4 is 10.1 Å². The molecule has 0 unspecified atom stereocenters. The van der Waals surface area contributed by atoms with Gasteiger partial charge in [-0.05, 0) is 80.5 Å². The molecule has 4 aliphatic carbocycles. The Hall–Kier alpha value is -3.13. The van der Waals surface area contributed by atoms with Gasteiger partial charge in [0.25, 0.3) is 0 Å². The number of nitrogens with zero attached hydrogens (tertiary/aromatic N) is 3. The lowest BCUT2D eigenvalue weighted by atomic mass is 9.49. The van der Waals surface area contributed by atoms with Gasteiger partial charge < -0.3 is 10.1 Å². The van der Waals surface area contributed by atoms with Crippen molar-refractivity contribution in [1.82, 2.24) is 20.1 Å². The van der Waals surface area contributed by atoms with Gasteiger partial charge in [-0.1, -0.05) is 42.1 Å². The fourth-order valence-corrected chi connectivity index (χ4v) is 7.94. The van der Waals surface area contributed by atoms with E-state index in [1.54, 1.807) is 7.11 Å². The number of Topliss-reactive ketones (excluding diaryl/α,β-unsaturated/α-hetero) is 1. The second kappa shape index (κ2) is 9.97. The van der Waals surface area contributed by atoms with Crippen molar-refractivity contribution in [3.63, 3.8) is 0 Å². The Morgan fingerprint density at radius 3 is 2.24 bits per heavy atom. The highest BCUT2D eigenvalue weighted by Gasteiger charge is 2.54. The van der Waals surface area contributed by atoms with E-state index in [1.807, 2.05) is 59.2 Å². The minimum Gasteiger partial charge on any atom is -0.497 e. The molecule has 0 spiro atoms. The van der Waals surface area contributed by atoms with Crippen molar-refractivity contribution < 1.29 is 14.3 Å². The molecule has 0 radical (unpaired) electrons. The molecule has 7 rings (SSSR count). The number of hydrogen-bond acceptors (Lipinski definition) is 6. The molecule has 4 fully saturated rings. The van der Waals surface area contributed by atoms with Gasteiger partial charge in [-0.25, -0.2) is 0 Å². The molecule has 1 N–H and O–H groups in total. The van der Waals surface area contributed by atoms with Crippen LogP contribution in [0.25, 0.3) is 5.69 Å². The van der Waals surface area contributed by atoms with Gasteiger partial charge in [-0.15, -0.1) is 10.2 Å². The maximum absolute atomic E-state index is 13.5. The molecule has 1 amide bonds. The first-order valence-corrected chi connectivity index (χ1v) is 14.1. The van der Waals surface area contributed by atoms with Crippen molar-refractivity contribution in [3.8, 4) is 11.4 Å². The Morgan fingerprint density at radius 2 is 1.62 bits per heavy atom. The second-order valence-corrected chi connectivity index (χ2v) is 11.8. The van der Waals surface area contributed by atoms with Crippen molar-refractivity contribution in [3.05, 3.63) is 66.0 Å². The Morgan fingerprint density at radius 1 is 0.973 bits per heavy atom. The number of carbonyl (C=O) groups is 2. The number of aromatic nitrogens is 3. The van der Waals surface area contributed by atoms with Crippen molar-refractivity contribution in [2.45, 2.75) is 50.2 Å². The van der Waals surface area contributed by atoms with Gasteiger partial charge in [-0.2, -0.15) is 0 Å². The maximum atomic E-state index is 13.5. The smallest absolute Gasteiger partial charge is 0.226 e. The summed E-state index contributed by atoms with van der Waals surface area (Å²) >= 11 is 1.35. The third-order valence-corrected chi connectivity index (χ3v) is 9.32. The van der Waals surface area contributed by atoms with Gasteiger partial charge >= 0.3 is 0 Å². The molecular formula is C29H32N4O3S. The van der Waals surface area contributed by atoms with Gasteiger partial charge in [-0.3, -0.25) is 14.2 Å². The fraction of sp³-hybridized carbons (Fsp3) is 0.448. The summed E-state index contributed by atoms with van der Waals surface area (Å²) in [5.41, 5.74) is 1.33. The first kappa shape index (κ1) is 24.2. The monoisotopic (exact) mass is 516 g/mol. The molecule has 0 saturated heterocycles. The lowest BCUT2D eigenvalue weighted by Gasteiger charge is -2.55. The molecule has 0 aliphatic heterocycles. The minimum atomic E-state index is -0.209. The highest BCUT2D eigenvalue weighted by Crippen LogP contribution is 2.60. The first-order chi connectivity index (χ1) is 18.0. The Balaban J connectivity index is 1.21. The first-order valence-electron chi connectivity index (χ1n) is 13.1. The zero-order valence-corrected chi connectivity index (χ0v) is 21.9. The minimum absolute atomic E-state index is 0.0338. The van der Waals surface area contributed by atoms with Crippen molar-refractivity contribution in [2.24, 2.45) is 23.2 Å². The number of nitrogens with one attached hydrogen (secondary N) is 1. The van der Waals surface area contributed by atoms with Crippen LogP contribution in [0.4, 0.5) is 0 Å².